The van der Waals surface area contributed by atoms with Crippen molar-refractivity contribution >= 4 is 23.2 Å². The number of hydrogen-bond donors (Lipinski definition) is 1. The van der Waals surface area contributed by atoms with E-state index < -0.39 is 23.0 Å². The number of amides is 2. The Balaban J connectivity index is 2.19. The van der Waals surface area contributed by atoms with E-state index in [1.54, 1.807) is 17.0 Å². The van der Waals surface area contributed by atoms with Crippen molar-refractivity contribution in [3.8, 4) is 0 Å². The van der Waals surface area contributed by atoms with Crippen LogP contribution in [0.15, 0.2) is 48.5 Å². The lowest BCUT2D eigenvalue weighted by molar-refractivity contribution is -0.167. The highest BCUT2D eigenvalue weighted by atomic mass is 19.4. The van der Waals surface area contributed by atoms with E-state index in [-0.39, 0.29) is 11.6 Å². The van der Waals surface area contributed by atoms with Gasteiger partial charge in [0.1, 0.15) is 0 Å². The van der Waals surface area contributed by atoms with Crippen molar-refractivity contribution in [2.75, 3.05) is 10.2 Å². The van der Waals surface area contributed by atoms with Gasteiger partial charge < -0.3 is 10.2 Å². The number of carbonyl (C=O) groups excluding carboxylic acids is 2. The number of alkyl halides is 3. The Morgan fingerprint density at radius 2 is 1.71 bits per heavy atom. The van der Waals surface area contributed by atoms with Gasteiger partial charge in [-0.1, -0.05) is 44.2 Å². The number of halogens is 3. The molecule has 2 aromatic carbocycles. The summed E-state index contributed by atoms with van der Waals surface area (Å²) in [6.45, 7) is 7.97. The fourth-order valence-electron chi connectivity index (χ4n) is 4.68. The fraction of sp³-hybridized carbons (Fsp3) is 0.417. The molecule has 0 spiro atoms. The quantitative estimate of drug-likeness (QED) is 0.663. The van der Waals surface area contributed by atoms with Crippen LogP contribution in [-0.4, -0.2) is 23.5 Å². The second kappa shape index (κ2) is 8.02. The van der Waals surface area contributed by atoms with Gasteiger partial charge in [-0.05, 0) is 56.0 Å². The third-order valence-electron chi connectivity index (χ3n) is 5.86. The SMILES string of the molecule is CCCC(=O)N1c2ccc(NC(=O)C(F)(F)F)cc2C(C)(c2ccccc2)CC1(C)C. The predicted molar refractivity (Wildman–Crippen MR) is 115 cm³/mol. The molecule has 0 aromatic heterocycles. The number of benzene rings is 2. The van der Waals surface area contributed by atoms with Gasteiger partial charge in [-0.3, -0.25) is 9.59 Å². The van der Waals surface area contributed by atoms with Crippen LogP contribution in [0.2, 0.25) is 0 Å². The van der Waals surface area contributed by atoms with Gasteiger partial charge in [-0.15, -0.1) is 0 Å². The summed E-state index contributed by atoms with van der Waals surface area (Å²) in [5, 5.41) is 1.94. The normalized spacial score (nSPS) is 20.2. The topological polar surface area (TPSA) is 49.4 Å². The Morgan fingerprint density at radius 3 is 2.29 bits per heavy atom. The smallest absolute Gasteiger partial charge is 0.318 e. The molecule has 7 heteroatoms. The lowest BCUT2D eigenvalue weighted by atomic mass is 9.65. The first-order valence-corrected chi connectivity index (χ1v) is 10.3. The summed E-state index contributed by atoms with van der Waals surface area (Å²) in [4.78, 5) is 26.3. The van der Waals surface area contributed by atoms with Gasteiger partial charge in [-0.2, -0.15) is 13.2 Å². The molecule has 0 radical (unpaired) electrons. The Hall–Kier alpha value is -2.83. The van der Waals surface area contributed by atoms with Crippen molar-refractivity contribution in [2.24, 2.45) is 0 Å². The highest BCUT2D eigenvalue weighted by molar-refractivity contribution is 5.98. The molecular weight excluding hydrogens is 405 g/mol. The van der Waals surface area contributed by atoms with Gasteiger partial charge in [0.15, 0.2) is 0 Å². The van der Waals surface area contributed by atoms with E-state index >= 15 is 0 Å². The molecule has 0 saturated carbocycles. The maximum atomic E-state index is 13.0. The van der Waals surface area contributed by atoms with E-state index in [2.05, 4.69) is 0 Å². The number of anilines is 2. The van der Waals surface area contributed by atoms with Crippen molar-refractivity contribution in [1.82, 2.24) is 0 Å². The zero-order valence-corrected chi connectivity index (χ0v) is 18.1. The summed E-state index contributed by atoms with van der Waals surface area (Å²) in [6, 6.07) is 14.3. The summed E-state index contributed by atoms with van der Waals surface area (Å²) in [7, 11) is 0. The molecule has 1 atom stereocenters. The van der Waals surface area contributed by atoms with Crippen molar-refractivity contribution in [1.29, 1.82) is 0 Å². The summed E-state index contributed by atoms with van der Waals surface area (Å²) in [5.41, 5.74) is 1.33. The predicted octanol–water partition coefficient (Wildman–Crippen LogP) is 5.81. The maximum absolute atomic E-state index is 13.0. The van der Waals surface area contributed by atoms with Crippen LogP contribution in [0.1, 0.15) is 58.1 Å². The Labute approximate surface area is 180 Å². The van der Waals surface area contributed by atoms with Crippen molar-refractivity contribution < 1.29 is 22.8 Å². The number of nitrogens with zero attached hydrogens (tertiary/aromatic N) is 1. The molecule has 1 heterocycles. The molecule has 1 unspecified atom stereocenters. The lowest BCUT2D eigenvalue weighted by Crippen LogP contribution is -2.55. The minimum absolute atomic E-state index is 0.0315. The van der Waals surface area contributed by atoms with Crippen molar-refractivity contribution in [2.45, 2.75) is 64.1 Å². The molecule has 3 rings (SSSR count). The minimum Gasteiger partial charge on any atom is -0.318 e. The average molecular weight is 432 g/mol. The number of hydrogen-bond acceptors (Lipinski definition) is 2. The first-order chi connectivity index (χ1) is 14.4. The average Bonchev–Trinajstić information content (AvgIpc) is 2.68. The van der Waals surface area contributed by atoms with Crippen molar-refractivity contribution in [3.05, 3.63) is 59.7 Å². The van der Waals surface area contributed by atoms with Crippen LogP contribution in [0.25, 0.3) is 0 Å². The molecule has 1 N–H and O–H groups in total. The molecule has 1 aliphatic rings. The first kappa shape index (κ1) is 22.8. The number of carbonyl (C=O) groups is 2. The highest BCUT2D eigenvalue weighted by Crippen LogP contribution is 2.51. The van der Waals surface area contributed by atoms with E-state index in [0.717, 1.165) is 5.56 Å². The third kappa shape index (κ3) is 4.31. The molecular formula is C24H27F3N2O2. The van der Waals surface area contributed by atoms with Gasteiger partial charge in [0.05, 0.1) is 0 Å². The van der Waals surface area contributed by atoms with E-state index in [4.69, 9.17) is 0 Å². The molecule has 31 heavy (non-hydrogen) atoms. The van der Waals surface area contributed by atoms with Gasteiger partial charge in [0.2, 0.25) is 5.91 Å². The highest BCUT2D eigenvalue weighted by Gasteiger charge is 2.48. The first-order valence-electron chi connectivity index (χ1n) is 10.3. The van der Waals surface area contributed by atoms with Crippen LogP contribution in [0.4, 0.5) is 24.5 Å². The molecule has 4 nitrogen and oxygen atoms in total. The molecule has 1 aliphatic heterocycles. The summed E-state index contributed by atoms with van der Waals surface area (Å²) in [5.74, 6) is -2.06. The van der Waals surface area contributed by atoms with Gasteiger partial charge in [0, 0.05) is 28.7 Å². The van der Waals surface area contributed by atoms with Gasteiger partial charge in [-0.25, -0.2) is 0 Å². The molecule has 0 fully saturated rings. The molecule has 2 aromatic rings. The summed E-state index contributed by atoms with van der Waals surface area (Å²) < 4.78 is 38.3. The van der Waals surface area contributed by atoms with Crippen LogP contribution in [0.3, 0.4) is 0 Å². The third-order valence-corrected chi connectivity index (χ3v) is 5.86. The number of rotatable bonds is 4. The van der Waals surface area contributed by atoms with Crippen molar-refractivity contribution in [3.63, 3.8) is 0 Å². The molecule has 2 amide bonds. The second-order valence-corrected chi connectivity index (χ2v) is 8.85. The standard InChI is InChI=1S/C24H27F3N2O2/c1-5-9-20(30)29-19-13-12-17(28-21(31)24(25,26)27)14-18(19)23(4,15-22(29,2)3)16-10-7-6-8-11-16/h6-8,10-14H,5,9,15H2,1-4H3,(H,28,31). The maximum Gasteiger partial charge on any atom is 0.471 e. The zero-order chi connectivity index (χ0) is 23.0. The van der Waals surface area contributed by atoms with E-state index in [1.165, 1.54) is 6.07 Å². The summed E-state index contributed by atoms with van der Waals surface area (Å²) in [6.07, 6.45) is -3.35. The monoisotopic (exact) mass is 432 g/mol. The van der Waals surface area contributed by atoms with Gasteiger partial charge >= 0.3 is 12.1 Å². The summed E-state index contributed by atoms with van der Waals surface area (Å²) >= 11 is 0. The second-order valence-electron chi connectivity index (χ2n) is 8.85. The Morgan fingerprint density at radius 1 is 1.06 bits per heavy atom. The van der Waals surface area contributed by atoms with E-state index in [0.29, 0.717) is 30.5 Å². The van der Waals surface area contributed by atoms with Crippen LogP contribution in [0, 0.1) is 0 Å². The number of nitrogens with one attached hydrogen (secondary N) is 1. The van der Waals surface area contributed by atoms with E-state index in [9.17, 15) is 22.8 Å². The largest absolute Gasteiger partial charge is 0.471 e. The minimum atomic E-state index is -4.98. The Kier molecular flexibility index (Phi) is 5.91. The van der Waals surface area contributed by atoms with E-state index in [1.807, 2.05) is 63.3 Å². The molecule has 0 aliphatic carbocycles. The molecule has 0 saturated heterocycles. The van der Waals surface area contributed by atoms with Gasteiger partial charge in [0.25, 0.3) is 0 Å². The van der Waals surface area contributed by atoms with Crippen LogP contribution < -0.4 is 10.2 Å². The van der Waals surface area contributed by atoms with Crippen LogP contribution in [-0.2, 0) is 15.0 Å². The zero-order valence-electron chi connectivity index (χ0n) is 18.1. The number of fused-ring (bicyclic) bond motifs is 1. The Bertz CT molecular complexity index is 986. The fourth-order valence-corrected chi connectivity index (χ4v) is 4.68. The van der Waals surface area contributed by atoms with Crippen LogP contribution >= 0.6 is 0 Å². The van der Waals surface area contributed by atoms with Crippen LogP contribution in [0.5, 0.6) is 0 Å². The lowest BCUT2D eigenvalue weighted by Gasteiger charge is -2.51. The molecule has 166 valence electrons. The molecule has 0 bridgehead atoms.